The zero-order valence-electron chi connectivity index (χ0n) is 14.1. The van der Waals surface area contributed by atoms with Gasteiger partial charge < -0.3 is 10.2 Å². The van der Waals surface area contributed by atoms with Crippen molar-refractivity contribution in [1.29, 1.82) is 0 Å². The summed E-state index contributed by atoms with van der Waals surface area (Å²) in [6.45, 7) is 4.28. The van der Waals surface area contributed by atoms with Crippen LogP contribution in [0.5, 0.6) is 0 Å². The number of nitrogens with one attached hydrogen (secondary N) is 1. The van der Waals surface area contributed by atoms with Crippen molar-refractivity contribution >= 4 is 16.7 Å². The minimum atomic E-state index is 0.524. The zero-order valence-corrected chi connectivity index (χ0v) is 14.1. The van der Waals surface area contributed by atoms with E-state index in [9.17, 15) is 0 Å². The Morgan fingerprint density at radius 2 is 1.68 bits per heavy atom. The molecule has 1 fully saturated rings. The van der Waals surface area contributed by atoms with Gasteiger partial charge in [-0.25, -0.2) is 9.97 Å². The Labute approximate surface area is 133 Å². The van der Waals surface area contributed by atoms with Gasteiger partial charge in [-0.1, -0.05) is 0 Å². The van der Waals surface area contributed by atoms with Gasteiger partial charge in [0, 0.05) is 17.5 Å². The van der Waals surface area contributed by atoms with Gasteiger partial charge in [-0.2, -0.15) is 0 Å². The van der Waals surface area contributed by atoms with Crippen LogP contribution >= 0.6 is 0 Å². The Morgan fingerprint density at radius 3 is 2.36 bits per heavy atom. The van der Waals surface area contributed by atoms with Crippen molar-refractivity contribution in [2.24, 2.45) is 0 Å². The van der Waals surface area contributed by atoms with Crippen molar-refractivity contribution < 1.29 is 0 Å². The van der Waals surface area contributed by atoms with E-state index in [1.807, 2.05) is 0 Å². The second-order valence-electron chi connectivity index (χ2n) is 6.79. The fourth-order valence-electron chi connectivity index (χ4n) is 3.36. The molecule has 3 rings (SSSR count). The standard InChI is InChI=1S/C18H26N4/c1-12-9-16-17(10-13(12)2)19-11-20-18(16)21-14-5-7-15(8-6-14)22(3)4/h9-11,14-15H,5-8H2,1-4H3,(H,19,20,21)/t14-,15-. The maximum Gasteiger partial charge on any atom is 0.137 e. The number of anilines is 1. The smallest absolute Gasteiger partial charge is 0.137 e. The Balaban J connectivity index is 1.79. The number of aryl methyl sites for hydroxylation is 2. The van der Waals surface area contributed by atoms with Gasteiger partial charge in [0.05, 0.1) is 5.52 Å². The highest BCUT2D eigenvalue weighted by Gasteiger charge is 2.23. The zero-order chi connectivity index (χ0) is 15.7. The molecule has 2 aromatic rings. The lowest BCUT2D eigenvalue weighted by molar-refractivity contribution is 0.221. The summed E-state index contributed by atoms with van der Waals surface area (Å²) in [7, 11) is 4.36. The Bertz CT molecular complexity index is 657. The molecule has 1 aromatic carbocycles. The second kappa shape index (κ2) is 6.21. The molecule has 0 radical (unpaired) electrons. The number of hydrogen-bond donors (Lipinski definition) is 1. The Morgan fingerprint density at radius 1 is 1.00 bits per heavy atom. The second-order valence-corrected chi connectivity index (χ2v) is 6.79. The molecule has 0 atom stereocenters. The van der Waals surface area contributed by atoms with E-state index in [4.69, 9.17) is 0 Å². The number of fused-ring (bicyclic) bond motifs is 1. The first-order chi connectivity index (χ1) is 10.5. The molecular formula is C18H26N4. The summed E-state index contributed by atoms with van der Waals surface area (Å²) in [4.78, 5) is 11.3. The first-order valence-electron chi connectivity index (χ1n) is 8.19. The van der Waals surface area contributed by atoms with Crippen LogP contribution in [0.15, 0.2) is 18.5 Å². The molecule has 0 saturated heterocycles. The number of hydrogen-bond acceptors (Lipinski definition) is 4. The van der Waals surface area contributed by atoms with Crippen molar-refractivity contribution in [1.82, 2.24) is 14.9 Å². The quantitative estimate of drug-likeness (QED) is 0.941. The lowest BCUT2D eigenvalue weighted by atomic mass is 9.90. The molecule has 1 aromatic heterocycles. The van der Waals surface area contributed by atoms with E-state index in [1.165, 1.54) is 36.8 Å². The van der Waals surface area contributed by atoms with Crippen LogP contribution in [0.1, 0.15) is 36.8 Å². The van der Waals surface area contributed by atoms with Crippen molar-refractivity contribution in [2.45, 2.75) is 51.6 Å². The molecule has 1 N–H and O–H groups in total. The molecule has 0 bridgehead atoms. The van der Waals surface area contributed by atoms with Crippen LogP contribution in [0.25, 0.3) is 10.9 Å². The minimum absolute atomic E-state index is 0.524. The van der Waals surface area contributed by atoms with Gasteiger partial charge in [-0.3, -0.25) is 0 Å². The molecule has 22 heavy (non-hydrogen) atoms. The van der Waals surface area contributed by atoms with E-state index in [2.05, 4.69) is 60.3 Å². The van der Waals surface area contributed by atoms with Gasteiger partial charge in [0.15, 0.2) is 0 Å². The molecule has 118 valence electrons. The SMILES string of the molecule is Cc1cc2ncnc(N[C@H]3CC[C@H](N(C)C)CC3)c2cc1C. The lowest BCUT2D eigenvalue weighted by Gasteiger charge is -2.33. The molecule has 0 aliphatic heterocycles. The van der Waals surface area contributed by atoms with Crippen molar-refractivity contribution in [3.63, 3.8) is 0 Å². The molecule has 4 heteroatoms. The summed E-state index contributed by atoms with van der Waals surface area (Å²) in [6, 6.07) is 5.61. The average Bonchev–Trinajstić information content (AvgIpc) is 2.50. The van der Waals surface area contributed by atoms with Crippen LogP contribution in [-0.2, 0) is 0 Å². The lowest BCUT2D eigenvalue weighted by Crippen LogP contribution is -2.36. The van der Waals surface area contributed by atoms with Crippen LogP contribution in [0.3, 0.4) is 0 Å². The molecule has 1 heterocycles. The molecule has 1 aliphatic carbocycles. The van der Waals surface area contributed by atoms with Gasteiger partial charge in [0.25, 0.3) is 0 Å². The summed E-state index contributed by atoms with van der Waals surface area (Å²) in [6.07, 6.45) is 6.60. The van der Waals surface area contributed by atoms with Gasteiger partial charge in [0.1, 0.15) is 12.1 Å². The van der Waals surface area contributed by atoms with E-state index in [0.29, 0.717) is 6.04 Å². The number of rotatable bonds is 3. The van der Waals surface area contributed by atoms with Crippen molar-refractivity contribution in [3.8, 4) is 0 Å². The number of benzene rings is 1. The van der Waals surface area contributed by atoms with Gasteiger partial charge in [-0.05, 0) is 76.9 Å². The Hall–Kier alpha value is -1.68. The molecule has 1 saturated carbocycles. The molecule has 0 spiro atoms. The van der Waals surface area contributed by atoms with E-state index in [-0.39, 0.29) is 0 Å². The Kier molecular flexibility index (Phi) is 4.30. The molecular weight excluding hydrogens is 272 g/mol. The fraction of sp³-hybridized carbons (Fsp3) is 0.556. The fourth-order valence-corrected chi connectivity index (χ4v) is 3.36. The summed E-state index contributed by atoms with van der Waals surface area (Å²) in [5.74, 6) is 0.987. The first kappa shape index (κ1) is 15.2. The largest absolute Gasteiger partial charge is 0.367 e. The summed E-state index contributed by atoms with van der Waals surface area (Å²) in [5, 5.41) is 4.80. The van der Waals surface area contributed by atoms with Gasteiger partial charge in [0.2, 0.25) is 0 Å². The summed E-state index contributed by atoms with van der Waals surface area (Å²) < 4.78 is 0. The number of nitrogens with zero attached hydrogens (tertiary/aromatic N) is 3. The molecule has 4 nitrogen and oxygen atoms in total. The summed E-state index contributed by atoms with van der Waals surface area (Å²) >= 11 is 0. The highest BCUT2D eigenvalue weighted by atomic mass is 15.1. The third-order valence-corrected chi connectivity index (χ3v) is 5.02. The third-order valence-electron chi connectivity index (χ3n) is 5.02. The monoisotopic (exact) mass is 298 g/mol. The average molecular weight is 298 g/mol. The topological polar surface area (TPSA) is 41.1 Å². The van der Waals surface area contributed by atoms with Gasteiger partial charge >= 0.3 is 0 Å². The molecule has 1 aliphatic rings. The van der Waals surface area contributed by atoms with E-state index in [1.54, 1.807) is 6.33 Å². The first-order valence-corrected chi connectivity index (χ1v) is 8.19. The normalized spacial score (nSPS) is 22.2. The highest BCUT2D eigenvalue weighted by Crippen LogP contribution is 2.27. The predicted molar refractivity (Wildman–Crippen MR) is 92.4 cm³/mol. The third kappa shape index (κ3) is 3.07. The minimum Gasteiger partial charge on any atom is -0.367 e. The van der Waals surface area contributed by atoms with E-state index in [0.717, 1.165) is 22.8 Å². The van der Waals surface area contributed by atoms with Crippen LogP contribution in [0.4, 0.5) is 5.82 Å². The van der Waals surface area contributed by atoms with Crippen LogP contribution in [0.2, 0.25) is 0 Å². The summed E-state index contributed by atoms with van der Waals surface area (Å²) in [5.41, 5.74) is 3.60. The van der Waals surface area contributed by atoms with Crippen LogP contribution < -0.4 is 5.32 Å². The molecule has 0 unspecified atom stereocenters. The van der Waals surface area contributed by atoms with Gasteiger partial charge in [-0.15, -0.1) is 0 Å². The van der Waals surface area contributed by atoms with Crippen LogP contribution in [-0.4, -0.2) is 41.0 Å². The van der Waals surface area contributed by atoms with Crippen molar-refractivity contribution in [3.05, 3.63) is 29.6 Å². The van der Waals surface area contributed by atoms with E-state index < -0.39 is 0 Å². The van der Waals surface area contributed by atoms with Crippen molar-refractivity contribution in [2.75, 3.05) is 19.4 Å². The maximum absolute atomic E-state index is 4.49. The van der Waals surface area contributed by atoms with Crippen LogP contribution in [0, 0.1) is 13.8 Å². The van der Waals surface area contributed by atoms with E-state index >= 15 is 0 Å². The maximum atomic E-state index is 4.49. The molecule has 0 amide bonds. The highest BCUT2D eigenvalue weighted by molar-refractivity contribution is 5.90. The number of aromatic nitrogens is 2. The predicted octanol–water partition coefficient (Wildman–Crippen LogP) is 3.53.